The van der Waals surface area contributed by atoms with Crippen molar-refractivity contribution in [2.24, 2.45) is 0 Å². The Bertz CT molecular complexity index is 686. The predicted molar refractivity (Wildman–Crippen MR) is 81.1 cm³/mol. The Labute approximate surface area is 128 Å². The number of carbonyl (C=O) groups is 1. The number of nitrogens with one attached hydrogen (secondary N) is 1. The molecule has 2 rings (SSSR count). The minimum Gasteiger partial charge on any atom is -0.392 e. The van der Waals surface area contributed by atoms with Crippen LogP contribution in [0.5, 0.6) is 0 Å². The highest BCUT2D eigenvalue weighted by molar-refractivity contribution is 9.10. The van der Waals surface area contributed by atoms with Gasteiger partial charge in [-0.05, 0) is 45.8 Å². The maximum Gasteiger partial charge on any atom is 0.284 e. The van der Waals surface area contributed by atoms with Crippen molar-refractivity contribution in [3.8, 4) is 0 Å². The minimum atomic E-state index is -0.559. The summed E-state index contributed by atoms with van der Waals surface area (Å²) < 4.78 is 0.316. The van der Waals surface area contributed by atoms with Gasteiger partial charge in [-0.15, -0.1) is 0 Å². The second-order valence-corrected chi connectivity index (χ2v) is 5.09. The third-order valence-electron chi connectivity index (χ3n) is 2.80. The van der Waals surface area contributed by atoms with Crippen molar-refractivity contribution in [3.63, 3.8) is 0 Å². The van der Waals surface area contributed by atoms with Crippen LogP contribution in [0.2, 0.25) is 0 Å². The molecule has 108 valence electrons. The summed E-state index contributed by atoms with van der Waals surface area (Å²) in [5.41, 5.74) is 1.30. The summed E-state index contributed by atoms with van der Waals surface area (Å²) in [5.74, 6) is -0.442. The molecule has 0 atom stereocenters. The molecule has 0 bridgehead atoms. The summed E-state index contributed by atoms with van der Waals surface area (Å²) in [6.45, 7) is -0.0763. The van der Waals surface area contributed by atoms with E-state index in [9.17, 15) is 14.9 Å². The van der Waals surface area contributed by atoms with E-state index < -0.39 is 10.8 Å². The highest BCUT2D eigenvalue weighted by atomic mass is 79.9. The molecule has 0 saturated carbocycles. The van der Waals surface area contributed by atoms with Crippen molar-refractivity contribution < 1.29 is 14.8 Å². The number of amides is 1. The third-order valence-corrected chi connectivity index (χ3v) is 3.47. The molecule has 0 heterocycles. The minimum absolute atomic E-state index is 0.0763. The number of aliphatic hydroxyl groups is 1. The molecule has 0 aromatic heterocycles. The lowest BCUT2D eigenvalue weighted by Gasteiger charge is -2.06. The van der Waals surface area contributed by atoms with Crippen LogP contribution in [0.1, 0.15) is 15.9 Å². The van der Waals surface area contributed by atoms with Crippen LogP contribution in [0, 0.1) is 10.1 Å². The van der Waals surface area contributed by atoms with Gasteiger partial charge in [-0.3, -0.25) is 14.9 Å². The van der Waals surface area contributed by atoms with Crippen LogP contribution in [0.25, 0.3) is 0 Å². The van der Waals surface area contributed by atoms with Gasteiger partial charge in [0, 0.05) is 17.3 Å². The zero-order valence-electron chi connectivity index (χ0n) is 10.7. The van der Waals surface area contributed by atoms with Crippen molar-refractivity contribution >= 4 is 33.2 Å². The number of rotatable bonds is 4. The second kappa shape index (κ2) is 6.47. The third kappa shape index (κ3) is 3.65. The fourth-order valence-corrected chi connectivity index (χ4v) is 2.08. The van der Waals surface area contributed by atoms with Gasteiger partial charge in [-0.2, -0.15) is 0 Å². The van der Waals surface area contributed by atoms with Gasteiger partial charge in [0.05, 0.1) is 16.0 Å². The Kier molecular flexibility index (Phi) is 4.66. The van der Waals surface area contributed by atoms with Crippen LogP contribution in [-0.4, -0.2) is 15.9 Å². The lowest BCUT2D eigenvalue weighted by Crippen LogP contribution is -2.12. The van der Waals surface area contributed by atoms with Gasteiger partial charge >= 0.3 is 0 Å². The van der Waals surface area contributed by atoms with Crippen LogP contribution < -0.4 is 5.32 Å². The van der Waals surface area contributed by atoms with E-state index in [0.29, 0.717) is 10.2 Å². The Morgan fingerprint density at radius 1 is 1.24 bits per heavy atom. The summed E-state index contributed by atoms with van der Waals surface area (Å²) in [4.78, 5) is 22.3. The highest BCUT2D eigenvalue weighted by Crippen LogP contribution is 2.26. The Morgan fingerprint density at radius 3 is 2.48 bits per heavy atom. The molecular formula is C14H11BrN2O4. The van der Waals surface area contributed by atoms with Gasteiger partial charge in [-0.25, -0.2) is 0 Å². The highest BCUT2D eigenvalue weighted by Gasteiger charge is 2.16. The summed E-state index contributed by atoms with van der Waals surface area (Å²) in [7, 11) is 0. The van der Waals surface area contributed by atoms with E-state index in [-0.39, 0.29) is 17.9 Å². The Morgan fingerprint density at radius 2 is 1.90 bits per heavy atom. The first-order valence-corrected chi connectivity index (χ1v) is 6.75. The van der Waals surface area contributed by atoms with Gasteiger partial charge in [0.1, 0.15) is 0 Å². The number of carbonyl (C=O) groups excluding carboxylic acids is 1. The number of halogens is 1. The number of anilines is 1. The molecular weight excluding hydrogens is 340 g/mol. The van der Waals surface area contributed by atoms with E-state index in [1.54, 1.807) is 24.3 Å². The number of benzene rings is 2. The van der Waals surface area contributed by atoms with E-state index in [4.69, 9.17) is 5.11 Å². The van der Waals surface area contributed by atoms with Crippen molar-refractivity contribution in [1.82, 2.24) is 0 Å². The number of aliphatic hydroxyl groups excluding tert-OH is 1. The Balaban J connectivity index is 2.19. The molecule has 0 aliphatic carbocycles. The van der Waals surface area contributed by atoms with Crippen LogP contribution in [0.4, 0.5) is 11.4 Å². The fourth-order valence-electron chi connectivity index (χ4n) is 1.69. The van der Waals surface area contributed by atoms with Crippen LogP contribution >= 0.6 is 15.9 Å². The van der Waals surface area contributed by atoms with Crippen LogP contribution in [0.15, 0.2) is 46.9 Å². The molecule has 0 aliphatic heterocycles. The molecule has 7 heteroatoms. The zero-order chi connectivity index (χ0) is 15.4. The van der Waals surface area contributed by atoms with Crippen molar-refractivity contribution in [2.45, 2.75) is 6.61 Å². The summed E-state index contributed by atoms with van der Waals surface area (Å²) >= 11 is 3.07. The maximum atomic E-state index is 12.1. The van der Waals surface area contributed by atoms with E-state index in [1.807, 2.05) is 0 Å². The van der Waals surface area contributed by atoms with E-state index in [1.165, 1.54) is 18.2 Å². The molecule has 0 unspecified atom stereocenters. The van der Waals surface area contributed by atoms with E-state index in [0.717, 1.165) is 5.56 Å². The summed E-state index contributed by atoms with van der Waals surface area (Å²) in [6.07, 6.45) is 0. The average molecular weight is 351 g/mol. The molecule has 0 saturated heterocycles. The first-order valence-electron chi connectivity index (χ1n) is 5.96. The second-order valence-electron chi connectivity index (χ2n) is 4.23. The smallest absolute Gasteiger partial charge is 0.284 e. The summed E-state index contributed by atoms with van der Waals surface area (Å²) in [5, 5.41) is 22.4. The summed E-state index contributed by atoms with van der Waals surface area (Å²) in [6, 6.07) is 10.8. The number of nitrogens with zero attached hydrogens (tertiary/aromatic N) is 1. The molecule has 6 nitrogen and oxygen atoms in total. The first-order chi connectivity index (χ1) is 10.0. The van der Waals surface area contributed by atoms with Gasteiger partial charge in [0.2, 0.25) is 0 Å². The predicted octanol–water partition coefficient (Wildman–Crippen LogP) is 3.10. The molecule has 2 N–H and O–H groups in total. The fraction of sp³-hybridized carbons (Fsp3) is 0.0714. The van der Waals surface area contributed by atoms with Gasteiger partial charge < -0.3 is 10.4 Å². The van der Waals surface area contributed by atoms with Crippen LogP contribution in [-0.2, 0) is 6.61 Å². The van der Waals surface area contributed by atoms with Crippen molar-refractivity contribution in [2.75, 3.05) is 5.32 Å². The lowest BCUT2D eigenvalue weighted by molar-refractivity contribution is -0.385. The molecule has 2 aromatic carbocycles. The maximum absolute atomic E-state index is 12.1. The largest absolute Gasteiger partial charge is 0.392 e. The van der Waals surface area contributed by atoms with E-state index in [2.05, 4.69) is 21.2 Å². The van der Waals surface area contributed by atoms with Gasteiger partial charge in [0.25, 0.3) is 11.6 Å². The molecule has 0 aliphatic rings. The molecule has 0 radical (unpaired) electrons. The molecule has 0 spiro atoms. The topological polar surface area (TPSA) is 92.5 Å². The normalized spacial score (nSPS) is 10.2. The van der Waals surface area contributed by atoms with Gasteiger partial charge in [0.15, 0.2) is 0 Å². The molecule has 21 heavy (non-hydrogen) atoms. The van der Waals surface area contributed by atoms with Crippen molar-refractivity contribution in [1.29, 1.82) is 0 Å². The number of nitro groups is 1. The quantitative estimate of drug-likeness (QED) is 0.654. The average Bonchev–Trinajstić information content (AvgIpc) is 2.48. The number of hydrogen-bond acceptors (Lipinski definition) is 4. The number of hydrogen-bond donors (Lipinski definition) is 2. The Hall–Kier alpha value is -2.25. The van der Waals surface area contributed by atoms with Crippen molar-refractivity contribution in [3.05, 3.63) is 68.2 Å². The monoisotopic (exact) mass is 350 g/mol. The van der Waals surface area contributed by atoms with Gasteiger partial charge in [-0.1, -0.05) is 12.1 Å². The van der Waals surface area contributed by atoms with Crippen LogP contribution in [0.3, 0.4) is 0 Å². The molecule has 1 amide bonds. The van der Waals surface area contributed by atoms with E-state index >= 15 is 0 Å². The zero-order valence-corrected chi connectivity index (χ0v) is 12.3. The molecule has 2 aromatic rings. The molecule has 0 fully saturated rings. The lowest BCUT2D eigenvalue weighted by atomic mass is 10.1. The first kappa shape index (κ1) is 15.1. The number of nitro benzene ring substituents is 1. The standard InChI is InChI=1S/C14H11BrN2O4/c15-12-6-3-10(7-13(12)17(20)21)14(19)16-11-4-1-9(8-18)2-5-11/h1-7,18H,8H2,(H,16,19). The SMILES string of the molecule is O=C(Nc1ccc(CO)cc1)c1ccc(Br)c([N+](=O)[O-])c1.